The van der Waals surface area contributed by atoms with E-state index in [2.05, 4.69) is 15.6 Å². The minimum atomic E-state index is -0.262. The van der Waals surface area contributed by atoms with Crippen LogP contribution in [0.25, 0.3) is 11.0 Å². The maximum absolute atomic E-state index is 12.2. The number of hydrogen-bond acceptors (Lipinski definition) is 3. The number of aromatic nitrogens is 2. The second-order valence-electron chi connectivity index (χ2n) is 5.65. The van der Waals surface area contributed by atoms with Gasteiger partial charge in [0.2, 0.25) is 0 Å². The van der Waals surface area contributed by atoms with E-state index in [0.29, 0.717) is 6.54 Å². The molecule has 24 heavy (non-hydrogen) atoms. The third-order valence-corrected chi connectivity index (χ3v) is 3.86. The molecule has 2 aromatic carbocycles. The van der Waals surface area contributed by atoms with Crippen molar-refractivity contribution >= 4 is 22.8 Å². The molecule has 0 spiro atoms. The normalized spacial score (nSPS) is 10.6. The molecule has 124 valence electrons. The average molecular weight is 324 g/mol. The molecule has 0 aliphatic rings. The van der Waals surface area contributed by atoms with Gasteiger partial charge in [0.05, 0.1) is 31.0 Å². The number of benzene rings is 2. The van der Waals surface area contributed by atoms with Crippen molar-refractivity contribution in [2.24, 2.45) is 7.05 Å². The van der Waals surface area contributed by atoms with Crippen LogP contribution in [0.4, 0.5) is 10.5 Å². The predicted molar refractivity (Wildman–Crippen MR) is 94.3 cm³/mol. The molecule has 1 heterocycles. The third-order valence-electron chi connectivity index (χ3n) is 3.86. The van der Waals surface area contributed by atoms with Gasteiger partial charge in [-0.25, -0.2) is 9.78 Å². The van der Waals surface area contributed by atoms with Crippen molar-refractivity contribution in [3.05, 3.63) is 53.9 Å². The van der Waals surface area contributed by atoms with Crippen LogP contribution in [0.3, 0.4) is 0 Å². The second-order valence-corrected chi connectivity index (χ2v) is 5.65. The molecule has 6 nitrogen and oxygen atoms in total. The Balaban J connectivity index is 1.77. The molecule has 0 aliphatic heterocycles. The smallest absolute Gasteiger partial charge is 0.319 e. The Bertz CT molecular complexity index is 886. The number of nitrogens with zero attached hydrogens (tertiary/aromatic N) is 2. The molecule has 0 unspecified atom stereocenters. The number of amides is 2. The fourth-order valence-electron chi connectivity index (χ4n) is 2.74. The van der Waals surface area contributed by atoms with Gasteiger partial charge in [-0.1, -0.05) is 12.1 Å². The zero-order valence-electron chi connectivity index (χ0n) is 14.0. The number of imidazole rings is 1. The summed E-state index contributed by atoms with van der Waals surface area (Å²) in [5.41, 5.74) is 4.57. The standard InChI is InChI=1S/C18H20N4O2/c1-12-5-4-6-13(9-12)21-18(23)19-10-14-16(24-3)8-7-15-17(14)22(2)11-20-15/h4-9,11H,10H2,1-3H3,(H2,19,21,23). The van der Waals surface area contributed by atoms with E-state index in [0.717, 1.165) is 33.6 Å². The fourth-order valence-corrected chi connectivity index (χ4v) is 2.74. The van der Waals surface area contributed by atoms with Crippen LogP contribution in [0, 0.1) is 6.92 Å². The van der Waals surface area contributed by atoms with Crippen molar-refractivity contribution in [3.8, 4) is 5.75 Å². The maximum atomic E-state index is 12.2. The average Bonchev–Trinajstić information content (AvgIpc) is 2.94. The summed E-state index contributed by atoms with van der Waals surface area (Å²) in [6, 6.07) is 11.2. The molecule has 0 saturated heterocycles. The van der Waals surface area contributed by atoms with Gasteiger partial charge in [-0.15, -0.1) is 0 Å². The number of methoxy groups -OCH3 is 1. The minimum absolute atomic E-state index is 0.262. The number of carbonyl (C=O) groups excluding carboxylic acids is 1. The van der Waals surface area contributed by atoms with Gasteiger partial charge in [-0.3, -0.25) is 0 Å². The quantitative estimate of drug-likeness (QED) is 0.774. The lowest BCUT2D eigenvalue weighted by atomic mass is 10.1. The van der Waals surface area contributed by atoms with Crippen LogP contribution < -0.4 is 15.4 Å². The van der Waals surface area contributed by atoms with E-state index in [1.807, 2.05) is 54.9 Å². The first-order chi connectivity index (χ1) is 11.6. The van der Waals surface area contributed by atoms with E-state index in [9.17, 15) is 4.79 Å². The fraction of sp³-hybridized carbons (Fsp3) is 0.222. The summed E-state index contributed by atoms with van der Waals surface area (Å²) in [5.74, 6) is 0.724. The highest BCUT2D eigenvalue weighted by Gasteiger charge is 2.13. The Labute approximate surface area is 140 Å². The predicted octanol–water partition coefficient (Wildman–Crippen LogP) is 3.21. The number of anilines is 1. The van der Waals surface area contributed by atoms with Gasteiger partial charge >= 0.3 is 6.03 Å². The lowest BCUT2D eigenvalue weighted by molar-refractivity contribution is 0.251. The summed E-state index contributed by atoms with van der Waals surface area (Å²) in [6.45, 7) is 2.33. The van der Waals surface area contributed by atoms with Crippen molar-refractivity contribution in [1.29, 1.82) is 0 Å². The van der Waals surface area contributed by atoms with E-state index < -0.39 is 0 Å². The highest BCUT2D eigenvalue weighted by atomic mass is 16.5. The molecular weight excluding hydrogens is 304 g/mol. The van der Waals surface area contributed by atoms with Gasteiger partial charge < -0.3 is 19.9 Å². The number of nitrogens with one attached hydrogen (secondary N) is 2. The number of rotatable bonds is 4. The molecule has 0 radical (unpaired) electrons. The molecule has 3 rings (SSSR count). The molecule has 3 aromatic rings. The van der Waals surface area contributed by atoms with E-state index in [1.165, 1.54) is 0 Å². The number of urea groups is 1. The van der Waals surface area contributed by atoms with Gasteiger partial charge in [-0.2, -0.15) is 0 Å². The topological polar surface area (TPSA) is 68.2 Å². The van der Waals surface area contributed by atoms with Gasteiger partial charge in [-0.05, 0) is 36.8 Å². The Hall–Kier alpha value is -3.02. The number of aryl methyl sites for hydroxylation is 2. The number of ether oxygens (including phenoxy) is 1. The lowest BCUT2D eigenvalue weighted by Gasteiger charge is -2.13. The molecule has 0 aliphatic carbocycles. The summed E-state index contributed by atoms with van der Waals surface area (Å²) in [7, 11) is 3.54. The zero-order valence-corrected chi connectivity index (χ0v) is 14.0. The van der Waals surface area contributed by atoms with Crippen LogP contribution in [0.1, 0.15) is 11.1 Å². The van der Waals surface area contributed by atoms with Crippen LogP contribution in [0.15, 0.2) is 42.7 Å². The molecule has 2 amide bonds. The molecule has 1 aromatic heterocycles. The van der Waals surface area contributed by atoms with Crippen LogP contribution in [-0.2, 0) is 13.6 Å². The summed E-state index contributed by atoms with van der Waals surface area (Å²) < 4.78 is 7.36. The van der Waals surface area contributed by atoms with Crippen LogP contribution >= 0.6 is 0 Å². The number of fused-ring (bicyclic) bond motifs is 1. The van der Waals surface area contributed by atoms with Crippen molar-refractivity contribution in [2.45, 2.75) is 13.5 Å². The summed E-state index contributed by atoms with van der Waals surface area (Å²) in [6.07, 6.45) is 1.75. The second kappa shape index (κ2) is 6.62. The number of hydrogen-bond donors (Lipinski definition) is 2. The molecule has 6 heteroatoms. The Morgan fingerprint density at radius 1 is 1.29 bits per heavy atom. The highest BCUT2D eigenvalue weighted by molar-refractivity contribution is 5.90. The van der Waals surface area contributed by atoms with Crippen LogP contribution in [0.2, 0.25) is 0 Å². The van der Waals surface area contributed by atoms with Crippen molar-refractivity contribution in [1.82, 2.24) is 14.9 Å². The van der Waals surface area contributed by atoms with E-state index in [1.54, 1.807) is 13.4 Å². The maximum Gasteiger partial charge on any atom is 0.319 e. The minimum Gasteiger partial charge on any atom is -0.496 e. The molecule has 0 atom stereocenters. The van der Waals surface area contributed by atoms with Gasteiger partial charge in [0.15, 0.2) is 0 Å². The summed E-state index contributed by atoms with van der Waals surface area (Å²) in [4.78, 5) is 16.5. The third kappa shape index (κ3) is 3.17. The lowest BCUT2D eigenvalue weighted by Crippen LogP contribution is -2.28. The van der Waals surface area contributed by atoms with Gasteiger partial charge in [0.1, 0.15) is 5.75 Å². The first kappa shape index (κ1) is 15.9. The van der Waals surface area contributed by atoms with Crippen molar-refractivity contribution in [2.75, 3.05) is 12.4 Å². The van der Waals surface area contributed by atoms with Gasteiger partial charge in [0.25, 0.3) is 0 Å². The Morgan fingerprint density at radius 2 is 2.12 bits per heavy atom. The van der Waals surface area contributed by atoms with Crippen molar-refractivity contribution in [3.63, 3.8) is 0 Å². The SMILES string of the molecule is COc1ccc2ncn(C)c2c1CNC(=O)Nc1cccc(C)c1. The van der Waals surface area contributed by atoms with Crippen LogP contribution in [-0.4, -0.2) is 22.7 Å². The van der Waals surface area contributed by atoms with E-state index in [-0.39, 0.29) is 6.03 Å². The van der Waals surface area contributed by atoms with Crippen molar-refractivity contribution < 1.29 is 9.53 Å². The Morgan fingerprint density at radius 3 is 2.88 bits per heavy atom. The first-order valence-electron chi connectivity index (χ1n) is 7.67. The summed E-state index contributed by atoms with van der Waals surface area (Å²) >= 11 is 0. The first-order valence-corrected chi connectivity index (χ1v) is 7.67. The Kier molecular flexibility index (Phi) is 4.37. The summed E-state index contributed by atoms with van der Waals surface area (Å²) in [5, 5.41) is 5.71. The largest absolute Gasteiger partial charge is 0.496 e. The van der Waals surface area contributed by atoms with Crippen LogP contribution in [0.5, 0.6) is 5.75 Å². The zero-order chi connectivity index (χ0) is 17.1. The van der Waals surface area contributed by atoms with E-state index in [4.69, 9.17) is 4.74 Å². The molecule has 0 saturated carbocycles. The van der Waals surface area contributed by atoms with Gasteiger partial charge in [0, 0.05) is 18.3 Å². The number of carbonyl (C=O) groups is 1. The van der Waals surface area contributed by atoms with E-state index >= 15 is 0 Å². The molecule has 0 bridgehead atoms. The molecule has 0 fully saturated rings. The molecular formula is C18H20N4O2. The monoisotopic (exact) mass is 324 g/mol. The highest BCUT2D eigenvalue weighted by Crippen LogP contribution is 2.27. The molecule has 2 N–H and O–H groups in total.